The summed E-state index contributed by atoms with van der Waals surface area (Å²) in [6, 6.07) is 3.85. The topological polar surface area (TPSA) is 65.1 Å². The van der Waals surface area contributed by atoms with Gasteiger partial charge in [-0.05, 0) is 37.1 Å². The molecule has 0 atom stereocenters. The molecule has 124 valence electrons. The molecule has 1 aromatic rings. The number of ether oxygens (including phenoxy) is 3. The van der Waals surface area contributed by atoms with E-state index in [2.05, 4.69) is 15.9 Å². The van der Waals surface area contributed by atoms with Crippen LogP contribution in [0, 0.1) is 13.8 Å². The van der Waals surface area contributed by atoms with E-state index < -0.39 is 11.9 Å². The fourth-order valence-electron chi connectivity index (χ4n) is 2.41. The highest BCUT2D eigenvalue weighted by molar-refractivity contribution is 9.10. The molecular formula is C16H18BrNO5. The number of methoxy groups -OCH3 is 2. The number of anilines is 1. The molecule has 0 bridgehead atoms. The summed E-state index contributed by atoms with van der Waals surface area (Å²) in [7, 11) is 2.54. The van der Waals surface area contributed by atoms with Crippen LogP contribution in [0.3, 0.4) is 0 Å². The lowest BCUT2D eigenvalue weighted by Crippen LogP contribution is -2.39. The Morgan fingerprint density at radius 2 is 1.83 bits per heavy atom. The third-order valence-corrected chi connectivity index (χ3v) is 4.19. The summed E-state index contributed by atoms with van der Waals surface area (Å²) in [6.07, 6.45) is 0. The Kier molecular flexibility index (Phi) is 5.43. The van der Waals surface area contributed by atoms with Gasteiger partial charge in [-0.2, -0.15) is 0 Å². The van der Waals surface area contributed by atoms with Gasteiger partial charge in [-0.15, -0.1) is 0 Å². The first-order valence-corrected chi connectivity index (χ1v) is 7.71. The molecular weight excluding hydrogens is 366 g/mol. The minimum atomic E-state index is -0.612. The van der Waals surface area contributed by atoms with Crippen LogP contribution < -0.4 is 4.90 Å². The largest absolute Gasteiger partial charge is 0.466 e. The van der Waals surface area contributed by atoms with Crippen molar-refractivity contribution in [1.82, 2.24) is 0 Å². The number of benzene rings is 1. The molecule has 0 N–H and O–H groups in total. The van der Waals surface area contributed by atoms with E-state index in [0.29, 0.717) is 0 Å². The van der Waals surface area contributed by atoms with Crippen molar-refractivity contribution in [2.45, 2.75) is 13.8 Å². The second kappa shape index (κ2) is 7.14. The van der Waals surface area contributed by atoms with Crippen molar-refractivity contribution in [1.29, 1.82) is 0 Å². The Morgan fingerprint density at radius 3 is 2.43 bits per heavy atom. The Balaban J connectivity index is 2.65. The summed E-state index contributed by atoms with van der Waals surface area (Å²) >= 11 is 3.45. The summed E-state index contributed by atoms with van der Waals surface area (Å²) in [5.41, 5.74) is 3.07. The molecule has 0 unspecified atom stereocenters. The zero-order valence-electron chi connectivity index (χ0n) is 13.4. The number of rotatable bonds is 3. The van der Waals surface area contributed by atoms with Gasteiger partial charge in [-0.1, -0.05) is 15.9 Å². The summed E-state index contributed by atoms with van der Waals surface area (Å²) in [6.45, 7) is 4.05. The van der Waals surface area contributed by atoms with Crippen molar-refractivity contribution in [2.24, 2.45) is 0 Å². The van der Waals surface area contributed by atoms with Gasteiger partial charge >= 0.3 is 11.9 Å². The highest BCUT2D eigenvalue weighted by atomic mass is 79.9. The maximum atomic E-state index is 12.3. The van der Waals surface area contributed by atoms with Crippen LogP contribution in [0.25, 0.3) is 0 Å². The van der Waals surface area contributed by atoms with E-state index in [4.69, 9.17) is 14.2 Å². The first-order valence-electron chi connectivity index (χ1n) is 6.92. The van der Waals surface area contributed by atoms with E-state index in [-0.39, 0.29) is 24.6 Å². The molecule has 0 fully saturated rings. The van der Waals surface area contributed by atoms with Crippen molar-refractivity contribution >= 4 is 33.6 Å². The van der Waals surface area contributed by atoms with Crippen LogP contribution >= 0.6 is 15.9 Å². The third-order valence-electron chi connectivity index (χ3n) is 3.73. The van der Waals surface area contributed by atoms with Gasteiger partial charge in [0.1, 0.15) is 12.4 Å². The van der Waals surface area contributed by atoms with Crippen LogP contribution in [0.2, 0.25) is 0 Å². The number of hydrogen-bond acceptors (Lipinski definition) is 6. The lowest BCUT2D eigenvalue weighted by molar-refractivity contribution is -0.140. The number of nitrogens with zero attached hydrogens (tertiary/aromatic N) is 1. The Hall–Kier alpha value is -1.86. The number of carbonyl (C=O) groups is 2. The second-order valence-electron chi connectivity index (χ2n) is 5.08. The van der Waals surface area contributed by atoms with Crippen LogP contribution in [0.5, 0.6) is 0 Å². The minimum Gasteiger partial charge on any atom is -0.466 e. The molecule has 23 heavy (non-hydrogen) atoms. The van der Waals surface area contributed by atoms with E-state index in [0.717, 1.165) is 21.3 Å². The molecule has 0 radical (unpaired) electrons. The molecule has 7 heteroatoms. The number of carbonyl (C=O) groups excluding carboxylic acids is 2. The summed E-state index contributed by atoms with van der Waals surface area (Å²) < 4.78 is 16.0. The normalized spacial score (nSPS) is 14.7. The number of esters is 2. The molecule has 1 aliphatic heterocycles. The monoisotopic (exact) mass is 383 g/mol. The molecule has 1 aliphatic rings. The highest BCUT2D eigenvalue weighted by Gasteiger charge is 2.33. The maximum absolute atomic E-state index is 12.3. The van der Waals surface area contributed by atoms with Crippen molar-refractivity contribution in [3.05, 3.63) is 39.0 Å². The predicted molar refractivity (Wildman–Crippen MR) is 88.0 cm³/mol. The van der Waals surface area contributed by atoms with Crippen molar-refractivity contribution in [3.63, 3.8) is 0 Å². The quantitative estimate of drug-likeness (QED) is 0.747. The maximum Gasteiger partial charge on any atom is 0.355 e. The zero-order chi connectivity index (χ0) is 17.1. The lowest BCUT2D eigenvalue weighted by atomic mass is 10.1. The van der Waals surface area contributed by atoms with Gasteiger partial charge in [0.25, 0.3) is 0 Å². The van der Waals surface area contributed by atoms with E-state index in [1.54, 1.807) is 4.90 Å². The molecule has 1 heterocycles. The first kappa shape index (κ1) is 17.5. The van der Waals surface area contributed by atoms with Crippen molar-refractivity contribution in [2.75, 3.05) is 32.5 Å². The molecule has 2 rings (SSSR count). The molecule has 6 nitrogen and oxygen atoms in total. The fourth-order valence-corrected chi connectivity index (χ4v) is 2.97. The van der Waals surface area contributed by atoms with Crippen molar-refractivity contribution in [3.8, 4) is 0 Å². The van der Waals surface area contributed by atoms with Gasteiger partial charge in [-0.25, -0.2) is 9.59 Å². The lowest BCUT2D eigenvalue weighted by Gasteiger charge is -2.32. The molecule has 0 amide bonds. The van der Waals surface area contributed by atoms with Crippen LogP contribution in [-0.2, 0) is 23.8 Å². The Morgan fingerprint density at radius 1 is 1.17 bits per heavy atom. The van der Waals surface area contributed by atoms with Crippen LogP contribution in [-0.4, -0.2) is 39.5 Å². The van der Waals surface area contributed by atoms with E-state index >= 15 is 0 Å². The van der Waals surface area contributed by atoms with Gasteiger partial charge in [0.05, 0.1) is 26.4 Å². The second-order valence-corrected chi connectivity index (χ2v) is 6.00. The summed E-state index contributed by atoms with van der Waals surface area (Å²) in [4.78, 5) is 25.9. The standard InChI is InChI=1S/C16H18BrNO5/c1-9-5-11(17)6-13(10(9)2)18-8-23-7-12(15(19)21-3)14(18)16(20)22-4/h5-6H,7-8H2,1-4H3. The van der Waals surface area contributed by atoms with Crippen LogP contribution in [0.1, 0.15) is 11.1 Å². The number of hydrogen-bond donors (Lipinski definition) is 0. The third kappa shape index (κ3) is 3.40. The molecule has 0 aromatic heterocycles. The van der Waals surface area contributed by atoms with E-state index in [1.807, 2.05) is 26.0 Å². The Bertz CT molecular complexity index is 683. The van der Waals surface area contributed by atoms with Gasteiger partial charge < -0.3 is 19.1 Å². The van der Waals surface area contributed by atoms with Crippen molar-refractivity contribution < 1.29 is 23.8 Å². The fraction of sp³-hybridized carbons (Fsp3) is 0.375. The van der Waals surface area contributed by atoms with E-state index in [1.165, 1.54) is 14.2 Å². The summed E-state index contributed by atoms with van der Waals surface area (Å²) in [5, 5.41) is 0. The smallest absolute Gasteiger partial charge is 0.355 e. The molecule has 0 aliphatic carbocycles. The minimum absolute atomic E-state index is 0.000357. The van der Waals surface area contributed by atoms with Gasteiger partial charge in [0, 0.05) is 10.2 Å². The number of aryl methyl sites for hydroxylation is 1. The number of halogens is 1. The SMILES string of the molecule is COC(=O)C1=C(C(=O)OC)N(c2cc(Br)cc(C)c2C)COC1. The average molecular weight is 384 g/mol. The van der Waals surface area contributed by atoms with Crippen LogP contribution in [0.15, 0.2) is 27.9 Å². The molecule has 0 spiro atoms. The zero-order valence-corrected chi connectivity index (χ0v) is 15.0. The van der Waals surface area contributed by atoms with Crippen LogP contribution in [0.4, 0.5) is 5.69 Å². The molecule has 0 saturated heterocycles. The summed E-state index contributed by atoms with van der Waals surface area (Å²) in [5.74, 6) is -1.22. The van der Waals surface area contributed by atoms with Gasteiger partial charge in [-0.3, -0.25) is 0 Å². The Labute approximate surface area is 143 Å². The average Bonchev–Trinajstić information content (AvgIpc) is 2.55. The predicted octanol–water partition coefficient (Wildman–Crippen LogP) is 2.46. The highest BCUT2D eigenvalue weighted by Crippen LogP contribution is 2.33. The first-order chi connectivity index (χ1) is 10.9. The van der Waals surface area contributed by atoms with E-state index in [9.17, 15) is 9.59 Å². The van der Waals surface area contributed by atoms with Gasteiger partial charge in [0.2, 0.25) is 0 Å². The van der Waals surface area contributed by atoms with Gasteiger partial charge in [0.15, 0.2) is 0 Å². The molecule has 1 aromatic carbocycles. The molecule has 0 saturated carbocycles.